The standard InChI is InChI=1S/C14H13N3O/c18-8-5-10-1-2-12-13(9-10)17-14(16-12)11-3-6-15-7-4-11/h1-4,6-7,9,18H,5,8H2,(H,16,17). The Morgan fingerprint density at radius 2 is 1.94 bits per heavy atom. The van der Waals surface area contributed by atoms with Crippen LogP contribution >= 0.6 is 0 Å². The summed E-state index contributed by atoms with van der Waals surface area (Å²) in [5.41, 5.74) is 4.05. The molecule has 3 rings (SSSR count). The van der Waals surface area contributed by atoms with E-state index < -0.39 is 0 Å². The number of H-pyrrole nitrogens is 1. The van der Waals surface area contributed by atoms with Gasteiger partial charge in [0.1, 0.15) is 5.82 Å². The van der Waals surface area contributed by atoms with Crippen molar-refractivity contribution in [1.29, 1.82) is 0 Å². The van der Waals surface area contributed by atoms with Gasteiger partial charge < -0.3 is 10.1 Å². The van der Waals surface area contributed by atoms with Gasteiger partial charge in [-0.2, -0.15) is 0 Å². The van der Waals surface area contributed by atoms with Crippen LogP contribution in [0.5, 0.6) is 0 Å². The third kappa shape index (κ3) is 1.98. The second kappa shape index (κ2) is 4.58. The Balaban J connectivity index is 2.06. The van der Waals surface area contributed by atoms with Crippen molar-refractivity contribution in [3.05, 3.63) is 48.3 Å². The van der Waals surface area contributed by atoms with Crippen LogP contribution in [0.25, 0.3) is 22.4 Å². The van der Waals surface area contributed by atoms with Gasteiger partial charge in [-0.25, -0.2) is 4.98 Å². The fourth-order valence-corrected chi connectivity index (χ4v) is 1.99. The van der Waals surface area contributed by atoms with Gasteiger partial charge in [-0.15, -0.1) is 0 Å². The zero-order chi connectivity index (χ0) is 12.4. The van der Waals surface area contributed by atoms with Crippen LogP contribution in [0.2, 0.25) is 0 Å². The van der Waals surface area contributed by atoms with Crippen molar-refractivity contribution >= 4 is 11.0 Å². The van der Waals surface area contributed by atoms with Gasteiger partial charge in [-0.3, -0.25) is 4.98 Å². The summed E-state index contributed by atoms with van der Waals surface area (Å²) in [4.78, 5) is 11.8. The monoisotopic (exact) mass is 239 g/mol. The number of aromatic nitrogens is 3. The SMILES string of the molecule is OCCc1ccc2nc(-c3ccncc3)[nH]c2c1. The molecule has 18 heavy (non-hydrogen) atoms. The lowest BCUT2D eigenvalue weighted by Gasteiger charge is -1.96. The first-order chi connectivity index (χ1) is 8.86. The Hall–Kier alpha value is -2.20. The minimum Gasteiger partial charge on any atom is -0.396 e. The maximum atomic E-state index is 8.94. The van der Waals surface area contributed by atoms with Gasteiger partial charge in [-0.1, -0.05) is 6.07 Å². The number of aliphatic hydroxyl groups is 1. The summed E-state index contributed by atoms with van der Waals surface area (Å²) in [6.45, 7) is 0.164. The van der Waals surface area contributed by atoms with Gasteiger partial charge >= 0.3 is 0 Å². The van der Waals surface area contributed by atoms with Crippen LogP contribution in [-0.2, 0) is 6.42 Å². The summed E-state index contributed by atoms with van der Waals surface area (Å²) < 4.78 is 0. The average Bonchev–Trinajstić information content (AvgIpc) is 2.83. The van der Waals surface area contributed by atoms with Crippen LogP contribution < -0.4 is 0 Å². The predicted molar refractivity (Wildman–Crippen MR) is 70.1 cm³/mol. The van der Waals surface area contributed by atoms with Gasteiger partial charge in [0, 0.05) is 24.6 Å². The van der Waals surface area contributed by atoms with E-state index in [1.807, 2.05) is 30.3 Å². The summed E-state index contributed by atoms with van der Waals surface area (Å²) in [7, 11) is 0. The molecule has 0 atom stereocenters. The molecule has 4 nitrogen and oxygen atoms in total. The summed E-state index contributed by atoms with van der Waals surface area (Å²) in [5.74, 6) is 0.841. The zero-order valence-corrected chi connectivity index (χ0v) is 9.80. The minimum atomic E-state index is 0.164. The molecule has 2 aromatic heterocycles. The van der Waals surface area contributed by atoms with Gasteiger partial charge in [0.05, 0.1) is 11.0 Å². The summed E-state index contributed by atoms with van der Waals surface area (Å²) in [6, 6.07) is 9.85. The predicted octanol–water partition coefficient (Wildman–Crippen LogP) is 2.16. The first kappa shape index (κ1) is 10.9. The molecule has 0 spiro atoms. The number of aromatic amines is 1. The summed E-state index contributed by atoms with van der Waals surface area (Å²) in [5, 5.41) is 8.94. The number of nitrogens with one attached hydrogen (secondary N) is 1. The molecule has 2 heterocycles. The maximum absolute atomic E-state index is 8.94. The molecule has 0 fully saturated rings. The van der Waals surface area contributed by atoms with E-state index in [1.54, 1.807) is 12.4 Å². The molecule has 3 aromatic rings. The van der Waals surface area contributed by atoms with Crippen molar-refractivity contribution in [2.24, 2.45) is 0 Å². The van der Waals surface area contributed by atoms with E-state index >= 15 is 0 Å². The quantitative estimate of drug-likeness (QED) is 0.736. The number of fused-ring (bicyclic) bond motifs is 1. The summed E-state index contributed by atoms with van der Waals surface area (Å²) >= 11 is 0. The molecule has 0 aliphatic heterocycles. The molecule has 0 unspecified atom stereocenters. The Morgan fingerprint density at radius 3 is 2.72 bits per heavy atom. The second-order valence-corrected chi connectivity index (χ2v) is 4.15. The van der Waals surface area contributed by atoms with Crippen LogP contribution in [0.3, 0.4) is 0 Å². The Kier molecular flexibility index (Phi) is 2.78. The van der Waals surface area contributed by atoms with Crippen molar-refractivity contribution < 1.29 is 5.11 Å². The molecular weight excluding hydrogens is 226 g/mol. The number of imidazole rings is 1. The highest BCUT2D eigenvalue weighted by molar-refractivity contribution is 5.79. The molecule has 1 aromatic carbocycles. The zero-order valence-electron chi connectivity index (χ0n) is 9.80. The number of benzene rings is 1. The number of rotatable bonds is 3. The lowest BCUT2D eigenvalue weighted by Crippen LogP contribution is -1.89. The first-order valence-electron chi connectivity index (χ1n) is 5.87. The molecular formula is C14H13N3O. The number of aliphatic hydroxyl groups excluding tert-OH is 1. The van der Waals surface area contributed by atoms with E-state index in [0.29, 0.717) is 6.42 Å². The number of nitrogens with zero attached hydrogens (tertiary/aromatic N) is 2. The van der Waals surface area contributed by atoms with E-state index in [9.17, 15) is 0 Å². The molecule has 4 heteroatoms. The molecule has 90 valence electrons. The Bertz CT molecular complexity index is 661. The third-order valence-electron chi connectivity index (χ3n) is 2.90. The molecule has 0 aliphatic carbocycles. The van der Waals surface area contributed by atoms with E-state index in [2.05, 4.69) is 15.0 Å². The van der Waals surface area contributed by atoms with E-state index in [1.165, 1.54) is 0 Å². The number of pyridine rings is 1. The Morgan fingerprint density at radius 1 is 1.11 bits per heavy atom. The lowest BCUT2D eigenvalue weighted by atomic mass is 10.1. The van der Waals surface area contributed by atoms with Crippen LogP contribution in [0, 0.1) is 0 Å². The third-order valence-corrected chi connectivity index (χ3v) is 2.90. The lowest BCUT2D eigenvalue weighted by molar-refractivity contribution is 0.299. The fraction of sp³-hybridized carbons (Fsp3) is 0.143. The van der Waals surface area contributed by atoms with Crippen molar-refractivity contribution in [2.45, 2.75) is 6.42 Å². The van der Waals surface area contributed by atoms with E-state index in [0.717, 1.165) is 28.0 Å². The van der Waals surface area contributed by atoms with Crippen LogP contribution in [-0.4, -0.2) is 26.7 Å². The number of hydrogen-bond acceptors (Lipinski definition) is 3. The molecule has 0 aliphatic rings. The smallest absolute Gasteiger partial charge is 0.138 e. The molecule has 0 saturated carbocycles. The van der Waals surface area contributed by atoms with E-state index in [-0.39, 0.29) is 6.61 Å². The average molecular weight is 239 g/mol. The highest BCUT2D eigenvalue weighted by Crippen LogP contribution is 2.20. The van der Waals surface area contributed by atoms with Crippen molar-refractivity contribution in [3.63, 3.8) is 0 Å². The maximum Gasteiger partial charge on any atom is 0.138 e. The van der Waals surface area contributed by atoms with Gasteiger partial charge in [0.15, 0.2) is 0 Å². The highest BCUT2D eigenvalue weighted by atomic mass is 16.2. The van der Waals surface area contributed by atoms with Crippen molar-refractivity contribution in [3.8, 4) is 11.4 Å². The van der Waals surface area contributed by atoms with Crippen molar-refractivity contribution in [2.75, 3.05) is 6.61 Å². The minimum absolute atomic E-state index is 0.164. The van der Waals surface area contributed by atoms with Gasteiger partial charge in [-0.05, 0) is 36.2 Å². The van der Waals surface area contributed by atoms with Crippen LogP contribution in [0.4, 0.5) is 0 Å². The molecule has 0 saturated heterocycles. The fourth-order valence-electron chi connectivity index (χ4n) is 1.99. The molecule has 0 radical (unpaired) electrons. The van der Waals surface area contributed by atoms with Crippen molar-refractivity contribution in [1.82, 2.24) is 15.0 Å². The van der Waals surface area contributed by atoms with Gasteiger partial charge in [0.25, 0.3) is 0 Å². The van der Waals surface area contributed by atoms with Crippen LogP contribution in [0.15, 0.2) is 42.7 Å². The largest absolute Gasteiger partial charge is 0.396 e. The second-order valence-electron chi connectivity index (χ2n) is 4.15. The molecule has 0 bridgehead atoms. The molecule has 0 amide bonds. The van der Waals surface area contributed by atoms with Gasteiger partial charge in [0.2, 0.25) is 0 Å². The normalized spacial score (nSPS) is 10.9. The van der Waals surface area contributed by atoms with E-state index in [4.69, 9.17) is 5.11 Å². The highest BCUT2D eigenvalue weighted by Gasteiger charge is 2.05. The summed E-state index contributed by atoms with van der Waals surface area (Å²) in [6.07, 6.45) is 4.17. The Labute approximate surface area is 104 Å². The first-order valence-corrected chi connectivity index (χ1v) is 5.87. The molecule has 2 N–H and O–H groups in total. The van der Waals surface area contributed by atoms with Crippen LogP contribution in [0.1, 0.15) is 5.56 Å². The number of hydrogen-bond donors (Lipinski definition) is 2. The topological polar surface area (TPSA) is 61.8 Å².